The zero-order valence-electron chi connectivity index (χ0n) is 17.1. The van der Waals surface area contributed by atoms with Crippen LogP contribution in [0.3, 0.4) is 0 Å². The Balaban J connectivity index is 1.29. The van der Waals surface area contributed by atoms with Gasteiger partial charge in [0.15, 0.2) is 23.2 Å². The highest BCUT2D eigenvalue weighted by Crippen LogP contribution is 2.60. The molecule has 166 valence electrons. The maximum Gasteiger partial charge on any atom is 0.231 e. The maximum atomic E-state index is 13.4. The van der Waals surface area contributed by atoms with Crippen molar-refractivity contribution in [1.29, 1.82) is 0 Å². The van der Waals surface area contributed by atoms with E-state index in [0.29, 0.717) is 34.7 Å². The lowest BCUT2D eigenvalue weighted by molar-refractivity contribution is -0.140. The Morgan fingerprint density at radius 2 is 1.77 bits per heavy atom. The van der Waals surface area contributed by atoms with Crippen molar-refractivity contribution in [2.75, 3.05) is 11.9 Å². The number of amides is 1. The first-order chi connectivity index (χ1) is 15.0. The van der Waals surface area contributed by atoms with Crippen LogP contribution in [0.5, 0.6) is 0 Å². The molecule has 0 aromatic carbocycles. The zero-order valence-corrected chi connectivity index (χ0v) is 17.1. The Labute approximate surface area is 178 Å². The summed E-state index contributed by atoms with van der Waals surface area (Å²) in [5.74, 6) is 2.35. The number of carbonyl (C=O) groups excluding carboxylic acids is 1. The lowest BCUT2D eigenvalue weighted by atomic mass is 9.49. The van der Waals surface area contributed by atoms with Gasteiger partial charge in [-0.15, -0.1) is 0 Å². The standard InChI is InChI=1S/C21H27N5O5/c27-7-13-15(28)16(29)19(31-13)26-9-24-14-17(22-8-23-18(14)26)25-20(30)21-4-10-1-11(5-21)3-12(2-10)6-21/h8-13,15-16,19,27-29H,1-7H2,(H,22,23,25,30)/t10?,11?,12?,13-,15+,16+,19-,21?/m0/s1. The first-order valence-corrected chi connectivity index (χ1v) is 11.1. The van der Waals surface area contributed by atoms with Crippen LogP contribution in [0.15, 0.2) is 12.7 Å². The third kappa shape index (κ3) is 2.92. The number of aliphatic hydroxyl groups excluding tert-OH is 3. The van der Waals surface area contributed by atoms with Gasteiger partial charge in [-0.2, -0.15) is 0 Å². The highest BCUT2D eigenvalue weighted by atomic mass is 16.6. The van der Waals surface area contributed by atoms with Gasteiger partial charge in [-0.1, -0.05) is 0 Å². The van der Waals surface area contributed by atoms with Gasteiger partial charge >= 0.3 is 0 Å². The molecule has 1 aliphatic heterocycles. The fraction of sp³-hybridized carbons (Fsp3) is 0.714. The average Bonchev–Trinajstić information content (AvgIpc) is 3.29. The Bertz CT molecular complexity index is 989. The molecule has 7 rings (SSSR count). The van der Waals surface area contributed by atoms with E-state index >= 15 is 0 Å². The van der Waals surface area contributed by atoms with Crippen LogP contribution < -0.4 is 5.32 Å². The zero-order chi connectivity index (χ0) is 21.3. The van der Waals surface area contributed by atoms with E-state index in [4.69, 9.17) is 4.74 Å². The molecule has 5 aliphatic rings. The molecule has 5 fully saturated rings. The van der Waals surface area contributed by atoms with Crippen LogP contribution in [-0.4, -0.2) is 65.7 Å². The van der Waals surface area contributed by atoms with E-state index < -0.39 is 31.1 Å². The Hall–Kier alpha value is -2.14. The Morgan fingerprint density at radius 3 is 2.39 bits per heavy atom. The summed E-state index contributed by atoms with van der Waals surface area (Å²) >= 11 is 0. The van der Waals surface area contributed by atoms with Crippen molar-refractivity contribution in [3.05, 3.63) is 12.7 Å². The molecule has 3 heterocycles. The molecule has 1 amide bonds. The van der Waals surface area contributed by atoms with E-state index in [1.54, 1.807) is 0 Å². The van der Waals surface area contributed by atoms with Crippen LogP contribution in [0.1, 0.15) is 44.8 Å². The van der Waals surface area contributed by atoms with Gasteiger partial charge in [0.2, 0.25) is 5.91 Å². The number of fused-ring (bicyclic) bond motifs is 1. The van der Waals surface area contributed by atoms with E-state index in [1.165, 1.54) is 36.5 Å². The fourth-order valence-corrected chi connectivity index (χ4v) is 6.87. The minimum absolute atomic E-state index is 0.0223. The second kappa shape index (κ2) is 6.93. The molecule has 4 aliphatic carbocycles. The van der Waals surface area contributed by atoms with Gasteiger partial charge in [0.05, 0.1) is 18.3 Å². The van der Waals surface area contributed by atoms with Gasteiger partial charge in [-0.05, 0) is 56.3 Å². The summed E-state index contributed by atoms with van der Waals surface area (Å²) < 4.78 is 7.10. The molecule has 31 heavy (non-hydrogen) atoms. The third-order valence-electron chi connectivity index (χ3n) is 7.90. The number of nitrogens with zero attached hydrogens (tertiary/aromatic N) is 4. The van der Waals surface area contributed by atoms with Gasteiger partial charge in [0.1, 0.15) is 24.6 Å². The molecular formula is C21H27N5O5. The Kier molecular flexibility index (Phi) is 4.37. The van der Waals surface area contributed by atoms with E-state index in [1.807, 2.05) is 0 Å². The van der Waals surface area contributed by atoms with Crippen LogP contribution in [-0.2, 0) is 9.53 Å². The van der Waals surface area contributed by atoms with Crippen LogP contribution in [0.2, 0.25) is 0 Å². The van der Waals surface area contributed by atoms with Gasteiger partial charge in [-0.3, -0.25) is 9.36 Å². The smallest absolute Gasteiger partial charge is 0.231 e. The number of hydrogen-bond donors (Lipinski definition) is 4. The second-order valence-electron chi connectivity index (χ2n) is 9.93. The predicted molar refractivity (Wildman–Crippen MR) is 108 cm³/mol. The molecule has 0 radical (unpaired) electrons. The van der Waals surface area contributed by atoms with Crippen LogP contribution >= 0.6 is 0 Å². The number of rotatable bonds is 4. The van der Waals surface area contributed by atoms with Crippen molar-refractivity contribution in [3.63, 3.8) is 0 Å². The number of anilines is 1. The molecule has 0 spiro atoms. The highest BCUT2D eigenvalue weighted by Gasteiger charge is 2.54. The summed E-state index contributed by atoms with van der Waals surface area (Å²) in [4.78, 5) is 26.3. The van der Waals surface area contributed by atoms with Crippen LogP contribution in [0.4, 0.5) is 5.82 Å². The first-order valence-electron chi connectivity index (χ1n) is 11.1. The monoisotopic (exact) mass is 429 g/mol. The largest absolute Gasteiger partial charge is 0.394 e. The number of imidazole rings is 1. The molecule has 0 unspecified atom stereocenters. The normalized spacial score (nSPS) is 41.2. The summed E-state index contributed by atoms with van der Waals surface area (Å²) in [6, 6.07) is 0. The lowest BCUT2D eigenvalue weighted by Gasteiger charge is -2.55. The van der Waals surface area contributed by atoms with Crippen molar-refractivity contribution in [1.82, 2.24) is 19.5 Å². The molecule has 4 bridgehead atoms. The van der Waals surface area contributed by atoms with Crippen molar-refractivity contribution in [3.8, 4) is 0 Å². The molecule has 2 aromatic rings. The number of aromatic nitrogens is 4. The molecule has 1 saturated heterocycles. The van der Waals surface area contributed by atoms with Crippen LogP contribution in [0.25, 0.3) is 11.2 Å². The van der Waals surface area contributed by atoms with Crippen molar-refractivity contribution >= 4 is 22.9 Å². The molecule has 4 N–H and O–H groups in total. The molecule has 4 atom stereocenters. The Morgan fingerprint density at radius 1 is 1.10 bits per heavy atom. The number of nitrogens with one attached hydrogen (secondary N) is 1. The molecule has 4 saturated carbocycles. The summed E-state index contributed by atoms with van der Waals surface area (Å²) in [5, 5.41) is 32.8. The number of carbonyl (C=O) groups is 1. The van der Waals surface area contributed by atoms with Gasteiger partial charge in [-0.25, -0.2) is 15.0 Å². The number of hydrogen-bond acceptors (Lipinski definition) is 8. The van der Waals surface area contributed by atoms with E-state index in [2.05, 4.69) is 20.3 Å². The minimum atomic E-state index is -1.24. The fourth-order valence-electron chi connectivity index (χ4n) is 6.87. The quantitative estimate of drug-likeness (QED) is 0.553. The van der Waals surface area contributed by atoms with Crippen molar-refractivity contribution in [2.24, 2.45) is 23.2 Å². The van der Waals surface area contributed by atoms with Gasteiger partial charge < -0.3 is 25.4 Å². The summed E-state index contributed by atoms with van der Waals surface area (Å²) in [7, 11) is 0. The number of aliphatic hydroxyl groups is 3. The average molecular weight is 429 g/mol. The minimum Gasteiger partial charge on any atom is -0.394 e. The predicted octanol–water partition coefficient (Wildman–Crippen LogP) is 0.593. The van der Waals surface area contributed by atoms with E-state index in [-0.39, 0.29) is 11.3 Å². The maximum absolute atomic E-state index is 13.4. The van der Waals surface area contributed by atoms with E-state index in [9.17, 15) is 20.1 Å². The van der Waals surface area contributed by atoms with Crippen molar-refractivity contribution in [2.45, 2.75) is 63.1 Å². The van der Waals surface area contributed by atoms with Gasteiger partial charge in [0, 0.05) is 0 Å². The van der Waals surface area contributed by atoms with Crippen LogP contribution in [0, 0.1) is 23.2 Å². The topological polar surface area (TPSA) is 143 Å². The van der Waals surface area contributed by atoms with Gasteiger partial charge in [0.25, 0.3) is 0 Å². The lowest BCUT2D eigenvalue weighted by Crippen LogP contribution is -2.51. The van der Waals surface area contributed by atoms with E-state index in [0.717, 1.165) is 19.3 Å². The number of ether oxygens (including phenoxy) is 1. The van der Waals surface area contributed by atoms with Crippen molar-refractivity contribution < 1.29 is 24.9 Å². The highest BCUT2D eigenvalue weighted by molar-refractivity contribution is 6.00. The molecule has 2 aromatic heterocycles. The molecule has 10 nitrogen and oxygen atoms in total. The SMILES string of the molecule is O=C(Nc1ncnc2c1ncn2[C@H]1O[C@@H](CO)[C@@H](O)[C@H]1O)C12CC3CC(CC(C3)C1)C2. The summed E-state index contributed by atoms with van der Waals surface area (Å²) in [5.41, 5.74) is 0.474. The second-order valence-corrected chi connectivity index (χ2v) is 9.93. The first kappa shape index (κ1) is 19.5. The molecule has 10 heteroatoms. The molecular weight excluding hydrogens is 402 g/mol. The summed E-state index contributed by atoms with van der Waals surface area (Å²) in [6.07, 6.45) is 5.14. The summed E-state index contributed by atoms with van der Waals surface area (Å²) in [6.45, 7) is -0.414. The third-order valence-corrected chi connectivity index (χ3v) is 7.90.